The molecule has 0 spiro atoms. The largest absolute Gasteiger partial charge is 0.381 e. The molecule has 0 amide bonds. The standard InChI is InChI=1S/C10H16N6O2S2/c1-3-5-16-6-7(9(11)14-16)20(17,18)15-10-13-12-8(4-2)19-10/h6H,3-5H2,1-2H3,(H2,11,14)(H,13,15). The highest BCUT2D eigenvalue weighted by atomic mass is 32.2. The maximum absolute atomic E-state index is 12.2. The summed E-state index contributed by atoms with van der Waals surface area (Å²) in [6.07, 6.45) is 2.96. The molecular weight excluding hydrogens is 300 g/mol. The van der Waals surface area contributed by atoms with Gasteiger partial charge in [-0.1, -0.05) is 25.2 Å². The average Bonchev–Trinajstić information content (AvgIpc) is 2.96. The summed E-state index contributed by atoms with van der Waals surface area (Å²) >= 11 is 1.20. The molecule has 0 bridgehead atoms. The summed E-state index contributed by atoms with van der Waals surface area (Å²) in [4.78, 5) is -0.0424. The van der Waals surface area contributed by atoms with Gasteiger partial charge in [0.1, 0.15) is 9.90 Å². The van der Waals surface area contributed by atoms with Crippen LogP contribution in [-0.4, -0.2) is 28.4 Å². The summed E-state index contributed by atoms with van der Waals surface area (Å²) < 4.78 is 28.3. The van der Waals surface area contributed by atoms with E-state index in [2.05, 4.69) is 20.0 Å². The molecule has 8 nitrogen and oxygen atoms in total. The third kappa shape index (κ3) is 3.07. The second kappa shape index (κ2) is 5.75. The van der Waals surface area contributed by atoms with E-state index in [9.17, 15) is 8.42 Å². The SMILES string of the molecule is CCCn1cc(S(=O)(=O)Nc2nnc(CC)s2)c(N)n1. The third-order valence-corrected chi connectivity index (χ3v) is 4.96. The van der Waals surface area contributed by atoms with Crippen LogP contribution in [0.2, 0.25) is 0 Å². The Labute approximate surface area is 121 Å². The first-order chi connectivity index (χ1) is 9.46. The lowest BCUT2D eigenvalue weighted by Gasteiger charge is -2.01. The summed E-state index contributed by atoms with van der Waals surface area (Å²) in [6, 6.07) is 0. The molecule has 3 N–H and O–H groups in total. The molecule has 20 heavy (non-hydrogen) atoms. The number of hydrogen-bond acceptors (Lipinski definition) is 7. The Kier molecular flexibility index (Phi) is 4.23. The van der Waals surface area contributed by atoms with Crippen LogP contribution in [-0.2, 0) is 23.0 Å². The van der Waals surface area contributed by atoms with Crippen molar-refractivity contribution in [2.75, 3.05) is 10.5 Å². The molecule has 10 heteroatoms. The Balaban J connectivity index is 2.25. The molecule has 0 aliphatic rings. The fourth-order valence-corrected chi connectivity index (χ4v) is 3.56. The summed E-state index contributed by atoms with van der Waals surface area (Å²) in [6.45, 7) is 4.50. The van der Waals surface area contributed by atoms with E-state index in [0.717, 1.165) is 11.4 Å². The van der Waals surface area contributed by atoms with Crippen LogP contribution in [0.5, 0.6) is 0 Å². The van der Waals surface area contributed by atoms with Crippen molar-refractivity contribution in [3.63, 3.8) is 0 Å². The molecule has 0 fully saturated rings. The van der Waals surface area contributed by atoms with E-state index >= 15 is 0 Å². The molecule has 0 atom stereocenters. The van der Waals surface area contributed by atoms with Gasteiger partial charge in [0.25, 0.3) is 10.0 Å². The molecule has 0 saturated heterocycles. The number of aryl methyl sites for hydroxylation is 2. The number of hydrogen-bond donors (Lipinski definition) is 2. The predicted molar refractivity (Wildman–Crippen MR) is 77.0 cm³/mol. The first-order valence-electron chi connectivity index (χ1n) is 6.14. The number of rotatable bonds is 6. The molecule has 110 valence electrons. The Morgan fingerprint density at radius 3 is 2.75 bits per heavy atom. The highest BCUT2D eigenvalue weighted by Crippen LogP contribution is 2.23. The van der Waals surface area contributed by atoms with Gasteiger partial charge >= 0.3 is 0 Å². The van der Waals surface area contributed by atoms with Gasteiger partial charge in [-0.25, -0.2) is 8.42 Å². The minimum atomic E-state index is -3.79. The Bertz CT molecular complexity index is 690. The van der Waals surface area contributed by atoms with Crippen LogP contribution in [0.1, 0.15) is 25.3 Å². The van der Waals surface area contributed by atoms with E-state index in [1.54, 1.807) is 0 Å². The van der Waals surface area contributed by atoms with Crippen molar-refractivity contribution >= 4 is 32.3 Å². The lowest BCUT2D eigenvalue weighted by Crippen LogP contribution is -2.13. The summed E-state index contributed by atoms with van der Waals surface area (Å²) in [5.74, 6) is -0.0221. The lowest BCUT2D eigenvalue weighted by atomic mass is 10.5. The Morgan fingerprint density at radius 2 is 2.15 bits per heavy atom. The molecule has 2 aromatic heterocycles. The van der Waals surface area contributed by atoms with Crippen molar-refractivity contribution < 1.29 is 8.42 Å². The van der Waals surface area contributed by atoms with Gasteiger partial charge in [-0.2, -0.15) is 5.10 Å². The Hall–Kier alpha value is -1.68. The molecule has 0 aliphatic heterocycles. The second-order valence-electron chi connectivity index (χ2n) is 4.10. The topological polar surface area (TPSA) is 116 Å². The summed E-state index contributed by atoms with van der Waals surface area (Å²) in [5, 5.41) is 12.6. The van der Waals surface area contributed by atoms with E-state index in [4.69, 9.17) is 5.73 Å². The van der Waals surface area contributed by atoms with Crippen LogP contribution < -0.4 is 10.5 Å². The highest BCUT2D eigenvalue weighted by molar-refractivity contribution is 7.93. The van der Waals surface area contributed by atoms with Crippen LogP contribution >= 0.6 is 11.3 Å². The molecular formula is C10H16N6O2S2. The maximum Gasteiger partial charge on any atom is 0.268 e. The first kappa shape index (κ1) is 14.7. The van der Waals surface area contributed by atoms with Gasteiger partial charge in [0.15, 0.2) is 5.82 Å². The third-order valence-electron chi connectivity index (χ3n) is 2.49. The van der Waals surface area contributed by atoms with Crippen LogP contribution in [0.4, 0.5) is 10.9 Å². The zero-order valence-electron chi connectivity index (χ0n) is 11.2. The minimum Gasteiger partial charge on any atom is -0.381 e. The molecule has 2 rings (SSSR count). The van der Waals surface area contributed by atoms with Gasteiger partial charge in [-0.05, 0) is 12.8 Å². The normalized spacial score (nSPS) is 11.7. The van der Waals surface area contributed by atoms with Gasteiger partial charge in [-0.3, -0.25) is 9.40 Å². The molecule has 0 aliphatic carbocycles. The van der Waals surface area contributed by atoms with Gasteiger partial charge in [0, 0.05) is 12.7 Å². The molecule has 0 radical (unpaired) electrons. The monoisotopic (exact) mass is 316 g/mol. The minimum absolute atomic E-state index is 0.0221. The van der Waals surface area contributed by atoms with Crippen molar-refractivity contribution in [1.82, 2.24) is 20.0 Å². The van der Waals surface area contributed by atoms with Gasteiger partial charge < -0.3 is 5.73 Å². The molecule has 0 unspecified atom stereocenters. The lowest BCUT2D eigenvalue weighted by molar-refractivity contribution is 0.595. The number of anilines is 2. The van der Waals surface area contributed by atoms with Crippen molar-refractivity contribution in [2.24, 2.45) is 0 Å². The number of nitrogens with zero attached hydrogens (tertiary/aromatic N) is 4. The second-order valence-corrected chi connectivity index (χ2v) is 6.81. The number of nitrogens with two attached hydrogens (primary N) is 1. The number of aromatic nitrogens is 4. The van der Waals surface area contributed by atoms with E-state index in [1.165, 1.54) is 22.2 Å². The number of nitrogens with one attached hydrogen (secondary N) is 1. The number of sulfonamides is 1. The van der Waals surface area contributed by atoms with Crippen molar-refractivity contribution in [3.8, 4) is 0 Å². The fourth-order valence-electron chi connectivity index (χ4n) is 1.58. The zero-order valence-corrected chi connectivity index (χ0v) is 12.8. The summed E-state index contributed by atoms with van der Waals surface area (Å²) in [7, 11) is -3.79. The molecule has 2 aromatic rings. The van der Waals surface area contributed by atoms with Crippen LogP contribution in [0, 0.1) is 0 Å². The van der Waals surface area contributed by atoms with Crippen molar-refractivity contribution in [3.05, 3.63) is 11.2 Å². The van der Waals surface area contributed by atoms with E-state index in [-0.39, 0.29) is 15.8 Å². The van der Waals surface area contributed by atoms with Gasteiger partial charge in [0.05, 0.1) is 0 Å². The molecule has 2 heterocycles. The zero-order chi connectivity index (χ0) is 14.8. The fraction of sp³-hybridized carbons (Fsp3) is 0.500. The van der Waals surface area contributed by atoms with Crippen LogP contribution in [0.25, 0.3) is 0 Å². The average molecular weight is 316 g/mol. The van der Waals surface area contributed by atoms with Gasteiger partial charge in [0.2, 0.25) is 5.13 Å². The predicted octanol–water partition coefficient (Wildman–Crippen LogP) is 1.09. The number of nitrogen functional groups attached to an aromatic ring is 1. The smallest absolute Gasteiger partial charge is 0.268 e. The Morgan fingerprint density at radius 1 is 1.40 bits per heavy atom. The first-order valence-corrected chi connectivity index (χ1v) is 8.44. The van der Waals surface area contributed by atoms with Crippen LogP contribution in [0.15, 0.2) is 11.1 Å². The molecule has 0 saturated carbocycles. The van der Waals surface area contributed by atoms with E-state index < -0.39 is 10.0 Å². The summed E-state index contributed by atoms with van der Waals surface area (Å²) in [5.41, 5.74) is 5.66. The van der Waals surface area contributed by atoms with Gasteiger partial charge in [-0.15, -0.1) is 10.2 Å². The van der Waals surface area contributed by atoms with Crippen molar-refractivity contribution in [1.29, 1.82) is 0 Å². The van der Waals surface area contributed by atoms with Crippen molar-refractivity contribution in [2.45, 2.75) is 38.1 Å². The van der Waals surface area contributed by atoms with E-state index in [1.807, 2.05) is 13.8 Å². The molecule has 0 aromatic carbocycles. The van der Waals surface area contributed by atoms with Crippen LogP contribution in [0.3, 0.4) is 0 Å². The maximum atomic E-state index is 12.2. The quantitative estimate of drug-likeness (QED) is 0.824. The highest BCUT2D eigenvalue weighted by Gasteiger charge is 2.22. The van der Waals surface area contributed by atoms with E-state index in [0.29, 0.717) is 13.0 Å².